The Hall–Kier alpha value is -2.92. The molecule has 0 unspecified atom stereocenters. The lowest BCUT2D eigenvalue weighted by molar-refractivity contribution is -0.126. The summed E-state index contributed by atoms with van der Waals surface area (Å²) in [7, 11) is 1.63. The molecule has 0 N–H and O–H groups in total. The highest BCUT2D eigenvalue weighted by atomic mass is 35.5. The maximum absolute atomic E-state index is 13.0. The highest BCUT2D eigenvalue weighted by molar-refractivity contribution is 6.30. The summed E-state index contributed by atoms with van der Waals surface area (Å²) >= 11 is 6.18. The molecule has 2 aromatic carbocycles. The number of fused-ring (bicyclic) bond motifs is 1. The van der Waals surface area contributed by atoms with Gasteiger partial charge in [-0.3, -0.25) is 4.79 Å². The fourth-order valence-electron chi connectivity index (χ4n) is 4.10. The topological polar surface area (TPSA) is 45.9 Å². The zero-order chi connectivity index (χ0) is 22.1. The molecule has 0 bridgehead atoms. The number of ether oxygens (including phenoxy) is 1. The number of benzene rings is 2. The van der Waals surface area contributed by atoms with E-state index in [1.165, 1.54) is 5.56 Å². The number of aryl methyl sites for hydroxylation is 2. The van der Waals surface area contributed by atoms with Crippen molar-refractivity contribution in [2.45, 2.75) is 20.8 Å². The van der Waals surface area contributed by atoms with Gasteiger partial charge in [0.05, 0.1) is 13.4 Å². The zero-order valence-corrected chi connectivity index (χ0v) is 19.1. The number of furan rings is 1. The molecule has 1 amide bonds. The zero-order valence-electron chi connectivity index (χ0n) is 18.4. The summed E-state index contributed by atoms with van der Waals surface area (Å²) in [5.41, 5.74) is 5.95. The number of rotatable bonds is 4. The van der Waals surface area contributed by atoms with E-state index in [0.717, 1.165) is 51.5 Å². The number of allylic oxidation sites excluding steroid dienone is 1. The minimum atomic E-state index is 0.0195. The van der Waals surface area contributed by atoms with E-state index in [1.54, 1.807) is 19.4 Å². The number of hydrogen-bond donors (Lipinski definition) is 0. The Kier molecular flexibility index (Phi) is 5.96. The van der Waals surface area contributed by atoms with Crippen molar-refractivity contribution < 1.29 is 13.9 Å². The summed E-state index contributed by atoms with van der Waals surface area (Å²) in [5, 5.41) is 1.76. The predicted octanol–water partition coefficient (Wildman–Crippen LogP) is 5.46. The van der Waals surface area contributed by atoms with Crippen molar-refractivity contribution >= 4 is 39.7 Å². The van der Waals surface area contributed by atoms with Crippen LogP contribution in [0.5, 0.6) is 5.75 Å². The van der Waals surface area contributed by atoms with Crippen LogP contribution in [-0.2, 0) is 4.79 Å². The number of nitrogens with zero attached hydrogens (tertiary/aromatic N) is 2. The second-order valence-electron chi connectivity index (χ2n) is 8.04. The van der Waals surface area contributed by atoms with Crippen LogP contribution in [-0.4, -0.2) is 44.1 Å². The molecule has 1 aliphatic heterocycles. The second kappa shape index (κ2) is 8.67. The SMILES string of the molecule is COc1cc2occ(C)c2cc1/C(C)=C/C(=O)N1CCN(c2cc(Cl)ccc2C)CC1. The smallest absolute Gasteiger partial charge is 0.246 e. The number of hydrogen-bond acceptors (Lipinski definition) is 4. The number of halogens is 1. The van der Waals surface area contributed by atoms with Crippen LogP contribution >= 0.6 is 11.6 Å². The van der Waals surface area contributed by atoms with Crippen LogP contribution in [0.25, 0.3) is 16.5 Å². The molecule has 1 fully saturated rings. The van der Waals surface area contributed by atoms with Gasteiger partial charge in [0.15, 0.2) is 0 Å². The first-order chi connectivity index (χ1) is 14.9. The summed E-state index contributed by atoms with van der Waals surface area (Å²) in [5.74, 6) is 0.718. The number of carbonyl (C=O) groups is 1. The highest BCUT2D eigenvalue weighted by Gasteiger charge is 2.22. The Morgan fingerprint density at radius 1 is 1.10 bits per heavy atom. The molecule has 3 aromatic rings. The van der Waals surface area contributed by atoms with E-state index in [1.807, 2.05) is 49.1 Å². The molecule has 31 heavy (non-hydrogen) atoms. The predicted molar refractivity (Wildman–Crippen MR) is 126 cm³/mol. The molecule has 0 radical (unpaired) electrons. The van der Waals surface area contributed by atoms with Crippen LogP contribution in [0, 0.1) is 13.8 Å². The molecular weight excluding hydrogens is 412 g/mol. The van der Waals surface area contributed by atoms with Crippen molar-refractivity contribution in [3.63, 3.8) is 0 Å². The van der Waals surface area contributed by atoms with E-state index < -0.39 is 0 Å². The van der Waals surface area contributed by atoms with E-state index in [9.17, 15) is 4.79 Å². The largest absolute Gasteiger partial charge is 0.496 e. The average molecular weight is 439 g/mol. The summed E-state index contributed by atoms with van der Waals surface area (Å²) in [6, 6.07) is 9.86. The van der Waals surface area contributed by atoms with Crippen LogP contribution in [0.1, 0.15) is 23.6 Å². The Balaban J connectivity index is 1.50. The van der Waals surface area contributed by atoms with Crippen LogP contribution in [0.2, 0.25) is 5.02 Å². The van der Waals surface area contributed by atoms with Gasteiger partial charge in [-0.1, -0.05) is 17.7 Å². The van der Waals surface area contributed by atoms with Gasteiger partial charge in [0, 0.05) is 60.0 Å². The molecule has 1 aromatic heterocycles. The van der Waals surface area contributed by atoms with Gasteiger partial charge in [-0.15, -0.1) is 0 Å². The molecule has 1 saturated heterocycles. The number of piperazine rings is 1. The lowest BCUT2D eigenvalue weighted by Gasteiger charge is -2.36. The summed E-state index contributed by atoms with van der Waals surface area (Å²) in [6.45, 7) is 8.95. The van der Waals surface area contributed by atoms with E-state index in [0.29, 0.717) is 18.8 Å². The van der Waals surface area contributed by atoms with Crippen molar-refractivity contribution in [3.8, 4) is 5.75 Å². The maximum Gasteiger partial charge on any atom is 0.246 e. The van der Waals surface area contributed by atoms with Crippen molar-refractivity contribution in [2.75, 3.05) is 38.2 Å². The number of carbonyl (C=O) groups excluding carboxylic acids is 1. The van der Waals surface area contributed by atoms with Gasteiger partial charge in [0.25, 0.3) is 0 Å². The Morgan fingerprint density at radius 2 is 1.84 bits per heavy atom. The number of anilines is 1. The van der Waals surface area contributed by atoms with Crippen LogP contribution < -0.4 is 9.64 Å². The van der Waals surface area contributed by atoms with Gasteiger partial charge in [-0.05, 0) is 55.7 Å². The third-order valence-corrected chi connectivity index (χ3v) is 6.19. The fraction of sp³-hybridized carbons (Fsp3) is 0.320. The summed E-state index contributed by atoms with van der Waals surface area (Å²) in [6.07, 6.45) is 3.44. The minimum Gasteiger partial charge on any atom is -0.496 e. The van der Waals surface area contributed by atoms with Gasteiger partial charge in [0.1, 0.15) is 11.3 Å². The molecule has 6 heteroatoms. The van der Waals surface area contributed by atoms with Crippen molar-refractivity contribution in [1.29, 1.82) is 0 Å². The van der Waals surface area contributed by atoms with Gasteiger partial charge in [-0.25, -0.2) is 0 Å². The van der Waals surface area contributed by atoms with E-state index in [4.69, 9.17) is 20.8 Å². The van der Waals surface area contributed by atoms with Crippen LogP contribution in [0.15, 0.2) is 47.1 Å². The van der Waals surface area contributed by atoms with Gasteiger partial charge in [0.2, 0.25) is 5.91 Å². The van der Waals surface area contributed by atoms with Gasteiger partial charge < -0.3 is 19.0 Å². The normalized spacial score (nSPS) is 14.9. The first-order valence-electron chi connectivity index (χ1n) is 10.4. The van der Waals surface area contributed by atoms with Gasteiger partial charge >= 0.3 is 0 Å². The Bertz CT molecular complexity index is 1160. The fourth-order valence-corrected chi connectivity index (χ4v) is 4.27. The molecule has 162 valence electrons. The van der Waals surface area contributed by atoms with E-state index in [-0.39, 0.29) is 5.91 Å². The molecule has 0 aliphatic carbocycles. The molecule has 0 spiro atoms. The molecule has 1 aliphatic rings. The lowest BCUT2D eigenvalue weighted by Crippen LogP contribution is -2.48. The maximum atomic E-state index is 13.0. The van der Waals surface area contributed by atoms with Crippen molar-refractivity contribution in [1.82, 2.24) is 4.90 Å². The lowest BCUT2D eigenvalue weighted by atomic mass is 10.0. The Morgan fingerprint density at radius 3 is 2.55 bits per heavy atom. The first kappa shape index (κ1) is 21.3. The van der Waals surface area contributed by atoms with Gasteiger partial charge in [-0.2, -0.15) is 0 Å². The van der Waals surface area contributed by atoms with Crippen LogP contribution in [0.4, 0.5) is 5.69 Å². The molecule has 5 nitrogen and oxygen atoms in total. The third-order valence-electron chi connectivity index (χ3n) is 5.96. The molecule has 2 heterocycles. The third kappa shape index (κ3) is 4.28. The first-order valence-corrected chi connectivity index (χ1v) is 10.8. The van der Waals surface area contributed by atoms with E-state index >= 15 is 0 Å². The highest BCUT2D eigenvalue weighted by Crippen LogP contribution is 2.33. The van der Waals surface area contributed by atoms with Crippen molar-refractivity contribution in [2.24, 2.45) is 0 Å². The number of amides is 1. The standard InChI is InChI=1S/C25H27ClN2O3/c1-16-5-6-19(26)12-22(16)27-7-9-28(10-8-27)25(29)11-17(2)20-13-21-18(3)15-31-24(21)14-23(20)30-4/h5-6,11-15H,7-10H2,1-4H3/b17-11+. The minimum absolute atomic E-state index is 0.0195. The van der Waals surface area contributed by atoms with Crippen molar-refractivity contribution in [3.05, 3.63) is 64.4 Å². The molecule has 4 rings (SSSR count). The quantitative estimate of drug-likeness (QED) is 0.507. The second-order valence-corrected chi connectivity index (χ2v) is 8.47. The summed E-state index contributed by atoms with van der Waals surface area (Å²) in [4.78, 5) is 17.2. The summed E-state index contributed by atoms with van der Waals surface area (Å²) < 4.78 is 11.1. The monoisotopic (exact) mass is 438 g/mol. The number of methoxy groups -OCH3 is 1. The average Bonchev–Trinajstić information content (AvgIpc) is 3.14. The van der Waals surface area contributed by atoms with Crippen LogP contribution in [0.3, 0.4) is 0 Å². The molecular formula is C25H27ClN2O3. The molecule has 0 saturated carbocycles. The van der Waals surface area contributed by atoms with E-state index in [2.05, 4.69) is 11.8 Å². The Labute approximate surface area is 187 Å². The molecule has 0 atom stereocenters.